The van der Waals surface area contributed by atoms with E-state index in [2.05, 4.69) is 0 Å². The first-order chi connectivity index (χ1) is 7.77. The molecule has 1 aromatic carbocycles. The van der Waals surface area contributed by atoms with Crippen LogP contribution >= 0.6 is 0 Å². The summed E-state index contributed by atoms with van der Waals surface area (Å²) in [5, 5.41) is 0. The van der Waals surface area contributed by atoms with Gasteiger partial charge in [-0.3, -0.25) is 4.79 Å². The quantitative estimate of drug-likeness (QED) is 0.730. The van der Waals surface area contributed by atoms with E-state index >= 15 is 0 Å². The maximum absolute atomic E-state index is 10.7. The van der Waals surface area contributed by atoms with Crippen molar-refractivity contribution in [3.8, 4) is 0 Å². The predicted octanol–water partition coefficient (Wildman–Crippen LogP) is 1.66. The van der Waals surface area contributed by atoms with E-state index in [1.807, 2.05) is 30.3 Å². The summed E-state index contributed by atoms with van der Waals surface area (Å²) in [6.07, 6.45) is -0.369. The van der Waals surface area contributed by atoms with Crippen LogP contribution in [0.15, 0.2) is 30.3 Å². The van der Waals surface area contributed by atoms with Gasteiger partial charge in [0.25, 0.3) is 0 Å². The number of rotatable bonds is 3. The molecule has 4 heteroatoms. The molecule has 1 heterocycles. The van der Waals surface area contributed by atoms with Crippen LogP contribution in [0.5, 0.6) is 0 Å². The summed E-state index contributed by atoms with van der Waals surface area (Å²) in [6, 6.07) is 9.78. The van der Waals surface area contributed by atoms with Crippen molar-refractivity contribution in [2.75, 3.05) is 13.4 Å². The molecule has 86 valence electrons. The maximum atomic E-state index is 10.7. The van der Waals surface area contributed by atoms with E-state index in [4.69, 9.17) is 14.2 Å². The summed E-state index contributed by atoms with van der Waals surface area (Å²) in [6.45, 7) is 1.85. The second kappa shape index (κ2) is 5.09. The molecule has 0 aromatic heterocycles. The van der Waals surface area contributed by atoms with Crippen LogP contribution in [0.2, 0.25) is 0 Å². The molecule has 0 aliphatic carbocycles. The number of benzene rings is 1. The zero-order valence-corrected chi connectivity index (χ0v) is 9.09. The molecule has 1 saturated heterocycles. The summed E-state index contributed by atoms with van der Waals surface area (Å²) < 4.78 is 15.8. The van der Waals surface area contributed by atoms with Gasteiger partial charge in [0.2, 0.25) is 0 Å². The van der Waals surface area contributed by atoms with Crippen LogP contribution < -0.4 is 0 Å². The Bertz CT molecular complexity index is 349. The second-order valence-corrected chi connectivity index (χ2v) is 3.62. The van der Waals surface area contributed by atoms with Gasteiger partial charge in [0.1, 0.15) is 25.6 Å². The van der Waals surface area contributed by atoms with Gasteiger partial charge in [-0.2, -0.15) is 0 Å². The van der Waals surface area contributed by atoms with Crippen molar-refractivity contribution in [3.63, 3.8) is 0 Å². The first kappa shape index (κ1) is 11.1. The van der Waals surface area contributed by atoms with Crippen LogP contribution in [0.3, 0.4) is 0 Å². The Morgan fingerprint density at radius 1 is 1.38 bits per heavy atom. The van der Waals surface area contributed by atoms with Crippen LogP contribution in [0.25, 0.3) is 0 Å². The van der Waals surface area contributed by atoms with Gasteiger partial charge in [-0.15, -0.1) is 0 Å². The molecule has 0 radical (unpaired) electrons. The van der Waals surface area contributed by atoms with E-state index in [1.165, 1.54) is 6.92 Å². The summed E-state index contributed by atoms with van der Waals surface area (Å²) in [4.78, 5) is 10.7. The van der Waals surface area contributed by atoms with Crippen LogP contribution in [0.4, 0.5) is 0 Å². The number of carbonyl (C=O) groups excluding carboxylic acids is 1. The summed E-state index contributed by atoms with van der Waals surface area (Å²) in [5.74, 6) is -0.303. The fraction of sp³-hybridized carbons (Fsp3) is 0.417. The number of ether oxygens (including phenoxy) is 3. The van der Waals surface area contributed by atoms with Crippen molar-refractivity contribution in [2.24, 2.45) is 0 Å². The van der Waals surface area contributed by atoms with Gasteiger partial charge in [0.05, 0.1) is 0 Å². The minimum absolute atomic E-state index is 0.152. The summed E-state index contributed by atoms with van der Waals surface area (Å²) in [5.41, 5.74) is 1.04. The minimum atomic E-state index is -0.303. The van der Waals surface area contributed by atoms with Crippen molar-refractivity contribution in [1.29, 1.82) is 0 Å². The highest BCUT2D eigenvalue weighted by atomic mass is 16.7. The van der Waals surface area contributed by atoms with Crippen LogP contribution in [-0.2, 0) is 19.0 Å². The Kier molecular flexibility index (Phi) is 3.54. The third-order valence-electron chi connectivity index (χ3n) is 2.45. The smallest absolute Gasteiger partial charge is 0.302 e. The van der Waals surface area contributed by atoms with E-state index < -0.39 is 0 Å². The Morgan fingerprint density at radius 2 is 2.12 bits per heavy atom. The van der Waals surface area contributed by atoms with Crippen LogP contribution in [0.1, 0.15) is 18.6 Å². The van der Waals surface area contributed by atoms with Gasteiger partial charge < -0.3 is 14.2 Å². The molecule has 0 saturated carbocycles. The van der Waals surface area contributed by atoms with E-state index in [0.29, 0.717) is 0 Å². The number of carbonyl (C=O) groups is 1. The molecule has 1 aliphatic rings. The Balaban J connectivity index is 2.01. The Morgan fingerprint density at radius 3 is 2.81 bits per heavy atom. The molecule has 0 bridgehead atoms. The third kappa shape index (κ3) is 2.59. The SMILES string of the molecule is CC(=O)OCC1OCOC1c1ccccc1. The standard InChI is InChI=1S/C12H14O4/c1-9(13)14-7-11-12(16-8-15-11)10-5-3-2-4-6-10/h2-6,11-12H,7-8H2,1H3. The minimum Gasteiger partial charge on any atom is -0.463 e. The van der Waals surface area contributed by atoms with Gasteiger partial charge in [-0.25, -0.2) is 0 Å². The average molecular weight is 222 g/mol. The molecule has 0 N–H and O–H groups in total. The van der Waals surface area contributed by atoms with E-state index in [-0.39, 0.29) is 31.6 Å². The van der Waals surface area contributed by atoms with Gasteiger partial charge >= 0.3 is 5.97 Å². The van der Waals surface area contributed by atoms with Gasteiger partial charge in [0.15, 0.2) is 0 Å². The maximum Gasteiger partial charge on any atom is 0.302 e. The van der Waals surface area contributed by atoms with Crippen LogP contribution in [0, 0.1) is 0 Å². The zero-order valence-electron chi connectivity index (χ0n) is 9.09. The van der Waals surface area contributed by atoms with E-state index in [1.54, 1.807) is 0 Å². The van der Waals surface area contributed by atoms with Crippen molar-refractivity contribution >= 4 is 5.97 Å². The Hall–Kier alpha value is -1.39. The highest BCUT2D eigenvalue weighted by Crippen LogP contribution is 2.28. The van der Waals surface area contributed by atoms with Gasteiger partial charge in [-0.05, 0) is 5.56 Å². The highest BCUT2D eigenvalue weighted by molar-refractivity contribution is 5.65. The van der Waals surface area contributed by atoms with Crippen molar-refractivity contribution in [3.05, 3.63) is 35.9 Å². The molecule has 2 rings (SSSR count). The van der Waals surface area contributed by atoms with Gasteiger partial charge in [0, 0.05) is 6.92 Å². The first-order valence-corrected chi connectivity index (χ1v) is 5.19. The predicted molar refractivity (Wildman–Crippen MR) is 56.6 cm³/mol. The lowest BCUT2D eigenvalue weighted by Gasteiger charge is -2.16. The normalized spacial score (nSPS) is 24.3. The molecular formula is C12H14O4. The summed E-state index contributed by atoms with van der Waals surface area (Å²) in [7, 11) is 0. The average Bonchev–Trinajstić information content (AvgIpc) is 2.75. The number of esters is 1. The van der Waals surface area contributed by atoms with Gasteiger partial charge in [-0.1, -0.05) is 30.3 Å². The first-order valence-electron chi connectivity index (χ1n) is 5.19. The van der Waals surface area contributed by atoms with Crippen LogP contribution in [-0.4, -0.2) is 25.5 Å². The number of hydrogen-bond acceptors (Lipinski definition) is 4. The van der Waals surface area contributed by atoms with Crippen molar-refractivity contribution < 1.29 is 19.0 Å². The third-order valence-corrected chi connectivity index (χ3v) is 2.45. The zero-order chi connectivity index (χ0) is 11.4. The lowest BCUT2D eigenvalue weighted by molar-refractivity contribution is -0.144. The van der Waals surface area contributed by atoms with Crippen molar-refractivity contribution in [1.82, 2.24) is 0 Å². The fourth-order valence-corrected chi connectivity index (χ4v) is 1.68. The van der Waals surface area contributed by atoms with Crippen molar-refractivity contribution in [2.45, 2.75) is 19.1 Å². The topological polar surface area (TPSA) is 44.8 Å². The molecule has 1 aliphatic heterocycles. The largest absolute Gasteiger partial charge is 0.463 e. The Labute approximate surface area is 94.1 Å². The summed E-state index contributed by atoms with van der Waals surface area (Å²) >= 11 is 0. The molecule has 2 unspecified atom stereocenters. The lowest BCUT2D eigenvalue weighted by Crippen LogP contribution is -2.22. The molecule has 4 nitrogen and oxygen atoms in total. The molecule has 0 amide bonds. The molecule has 0 spiro atoms. The van der Waals surface area contributed by atoms with E-state index in [9.17, 15) is 4.79 Å². The fourth-order valence-electron chi connectivity index (χ4n) is 1.68. The molecular weight excluding hydrogens is 208 g/mol. The lowest BCUT2D eigenvalue weighted by atomic mass is 10.1. The monoisotopic (exact) mass is 222 g/mol. The second-order valence-electron chi connectivity index (χ2n) is 3.62. The molecule has 1 aromatic rings. The van der Waals surface area contributed by atoms with E-state index in [0.717, 1.165) is 5.56 Å². The molecule has 2 atom stereocenters. The molecule has 1 fully saturated rings. The molecule has 16 heavy (non-hydrogen) atoms. The number of hydrogen-bond donors (Lipinski definition) is 0. The highest BCUT2D eigenvalue weighted by Gasteiger charge is 2.31.